The zero-order chi connectivity index (χ0) is 22.7. The van der Waals surface area contributed by atoms with Crippen LogP contribution >= 0.6 is 11.3 Å². The van der Waals surface area contributed by atoms with Gasteiger partial charge in [-0.1, -0.05) is 65.9 Å². The fourth-order valence-corrected chi connectivity index (χ4v) is 4.73. The number of anilines is 3. The molecule has 0 bridgehead atoms. The number of aromatic nitrogens is 5. The van der Waals surface area contributed by atoms with E-state index in [0.29, 0.717) is 0 Å². The average molecular weight is 464 g/mol. The summed E-state index contributed by atoms with van der Waals surface area (Å²) in [4.78, 5) is 22.4. The van der Waals surface area contributed by atoms with Crippen LogP contribution in [0.2, 0.25) is 0 Å². The summed E-state index contributed by atoms with van der Waals surface area (Å²) in [5, 5.41) is 7.72. The molecule has 6 aromatic rings. The summed E-state index contributed by atoms with van der Waals surface area (Å²) < 4.78 is 0. The molecule has 3 aromatic carbocycles. The van der Waals surface area contributed by atoms with Crippen molar-refractivity contribution >= 4 is 50.2 Å². The van der Waals surface area contributed by atoms with E-state index in [-0.39, 0.29) is 0 Å². The minimum Gasteiger partial charge on any atom is -0.368 e. The Hall–Kier alpha value is -4.30. The van der Waals surface area contributed by atoms with E-state index < -0.39 is 0 Å². The van der Waals surface area contributed by atoms with E-state index in [4.69, 9.17) is 4.98 Å². The van der Waals surface area contributed by atoms with Gasteiger partial charge in [-0.05, 0) is 36.2 Å². The molecule has 166 valence electrons. The first-order valence-corrected chi connectivity index (χ1v) is 11.8. The van der Waals surface area contributed by atoms with Crippen molar-refractivity contribution in [2.45, 2.75) is 6.42 Å². The van der Waals surface area contributed by atoms with Gasteiger partial charge in [0, 0.05) is 17.8 Å². The van der Waals surface area contributed by atoms with Crippen molar-refractivity contribution in [1.29, 1.82) is 0 Å². The fourth-order valence-electron chi connectivity index (χ4n) is 3.82. The van der Waals surface area contributed by atoms with Crippen LogP contribution in [0.25, 0.3) is 32.0 Å². The molecule has 0 spiro atoms. The minimum atomic E-state index is 0.738. The van der Waals surface area contributed by atoms with E-state index >= 15 is 0 Å². The highest BCUT2D eigenvalue weighted by Gasteiger charge is 2.11. The molecule has 0 aliphatic carbocycles. The Bertz CT molecular complexity index is 1520. The van der Waals surface area contributed by atoms with Crippen LogP contribution in [0, 0.1) is 0 Å². The highest BCUT2D eigenvalue weighted by Crippen LogP contribution is 2.31. The van der Waals surface area contributed by atoms with E-state index in [2.05, 4.69) is 67.0 Å². The molecule has 0 fully saturated rings. The number of hydrogen-bond donors (Lipinski definition) is 3. The van der Waals surface area contributed by atoms with Gasteiger partial charge in [-0.25, -0.2) is 19.9 Å². The van der Waals surface area contributed by atoms with Crippen molar-refractivity contribution in [3.8, 4) is 10.6 Å². The first-order chi connectivity index (χ1) is 16.8. The van der Waals surface area contributed by atoms with Gasteiger partial charge >= 0.3 is 0 Å². The highest BCUT2D eigenvalue weighted by atomic mass is 32.1. The molecule has 8 heteroatoms. The van der Waals surface area contributed by atoms with Gasteiger partial charge in [0.15, 0.2) is 5.82 Å². The predicted molar refractivity (Wildman–Crippen MR) is 139 cm³/mol. The maximum atomic E-state index is 4.79. The molecule has 0 amide bonds. The fraction of sp³-hybridized carbons (Fsp3) is 0.0769. The number of nitrogens with one attached hydrogen (secondary N) is 3. The number of rotatable bonds is 7. The topological polar surface area (TPSA) is 91.4 Å². The van der Waals surface area contributed by atoms with Gasteiger partial charge in [-0.3, -0.25) is 0 Å². The lowest BCUT2D eigenvalue weighted by Crippen LogP contribution is -2.07. The van der Waals surface area contributed by atoms with E-state index in [1.807, 2.05) is 42.5 Å². The predicted octanol–water partition coefficient (Wildman–Crippen LogP) is 6.03. The summed E-state index contributed by atoms with van der Waals surface area (Å²) in [6.45, 7) is 0.751. The van der Waals surface area contributed by atoms with Crippen LogP contribution in [0.3, 0.4) is 0 Å². The van der Waals surface area contributed by atoms with Gasteiger partial charge < -0.3 is 15.6 Å². The van der Waals surface area contributed by atoms with Crippen LogP contribution in [0.4, 0.5) is 17.5 Å². The summed E-state index contributed by atoms with van der Waals surface area (Å²) in [5.41, 5.74) is 6.09. The van der Waals surface area contributed by atoms with Crippen LogP contribution in [0.5, 0.6) is 0 Å². The van der Waals surface area contributed by atoms with E-state index in [1.54, 1.807) is 17.7 Å². The molecular weight excluding hydrogens is 442 g/mol. The first kappa shape index (κ1) is 20.3. The summed E-state index contributed by atoms with van der Waals surface area (Å²) in [6, 6.07) is 26.5. The van der Waals surface area contributed by atoms with Crippen molar-refractivity contribution < 1.29 is 0 Å². The summed E-state index contributed by atoms with van der Waals surface area (Å²) in [5.74, 6) is 1.51. The third-order valence-electron chi connectivity index (χ3n) is 5.53. The van der Waals surface area contributed by atoms with E-state index in [0.717, 1.165) is 62.4 Å². The SMILES string of the molecule is c1ccc(-c2nc3c(NCCc4ccc(Nc5nc6ccccc6[nH]5)cc4)ncnc3s2)cc1. The van der Waals surface area contributed by atoms with Crippen LogP contribution in [0.15, 0.2) is 85.2 Å². The Morgan fingerprint density at radius 2 is 1.65 bits per heavy atom. The number of fused-ring (bicyclic) bond motifs is 2. The van der Waals surface area contributed by atoms with Crippen molar-refractivity contribution in [2.24, 2.45) is 0 Å². The third kappa shape index (κ3) is 4.18. The molecular formula is C26H21N7S. The largest absolute Gasteiger partial charge is 0.368 e. The summed E-state index contributed by atoms with van der Waals surface area (Å²) >= 11 is 1.58. The van der Waals surface area contributed by atoms with Crippen molar-refractivity contribution in [2.75, 3.05) is 17.2 Å². The summed E-state index contributed by atoms with van der Waals surface area (Å²) in [6.07, 6.45) is 2.46. The Morgan fingerprint density at radius 1 is 0.824 bits per heavy atom. The van der Waals surface area contributed by atoms with Crippen LogP contribution in [0.1, 0.15) is 5.56 Å². The third-order valence-corrected chi connectivity index (χ3v) is 6.54. The molecule has 0 aliphatic rings. The standard InChI is InChI=1S/C26H21N7S/c1-2-6-18(7-3-1)24-33-22-23(28-16-29-25(22)34-24)27-15-14-17-10-12-19(13-11-17)30-26-31-20-8-4-5-9-21(20)32-26/h1-13,16H,14-15H2,(H,27,28,29)(H2,30,31,32). The average Bonchev–Trinajstić information content (AvgIpc) is 3.50. The number of hydrogen-bond acceptors (Lipinski definition) is 7. The highest BCUT2D eigenvalue weighted by molar-refractivity contribution is 7.21. The van der Waals surface area contributed by atoms with Gasteiger partial charge in [0.05, 0.1) is 11.0 Å². The quantitative estimate of drug-likeness (QED) is 0.268. The number of nitrogens with zero attached hydrogens (tertiary/aromatic N) is 4. The molecule has 3 aromatic heterocycles. The molecule has 3 heterocycles. The molecule has 0 saturated carbocycles. The number of aromatic amines is 1. The zero-order valence-corrected chi connectivity index (χ0v) is 19.0. The molecule has 6 rings (SSSR count). The summed E-state index contributed by atoms with van der Waals surface area (Å²) in [7, 11) is 0. The first-order valence-electron chi connectivity index (χ1n) is 11.0. The van der Waals surface area contributed by atoms with Crippen LogP contribution in [-0.4, -0.2) is 31.5 Å². The molecule has 3 N–H and O–H groups in total. The maximum Gasteiger partial charge on any atom is 0.205 e. The number of H-pyrrole nitrogens is 1. The Kier molecular flexibility index (Phi) is 5.33. The van der Waals surface area contributed by atoms with Crippen molar-refractivity contribution in [1.82, 2.24) is 24.9 Å². The second kappa shape index (κ2) is 8.92. The zero-order valence-electron chi connectivity index (χ0n) is 18.2. The lowest BCUT2D eigenvalue weighted by atomic mass is 10.1. The lowest BCUT2D eigenvalue weighted by molar-refractivity contribution is 1.00. The molecule has 0 saturated heterocycles. The van der Waals surface area contributed by atoms with Gasteiger partial charge in [0.25, 0.3) is 0 Å². The number of benzene rings is 3. The number of imidazole rings is 1. The second-order valence-corrected chi connectivity index (χ2v) is 8.84. The molecule has 0 aliphatic heterocycles. The van der Waals surface area contributed by atoms with Crippen LogP contribution in [-0.2, 0) is 6.42 Å². The van der Waals surface area contributed by atoms with Gasteiger partial charge in [-0.2, -0.15) is 0 Å². The van der Waals surface area contributed by atoms with Crippen molar-refractivity contribution in [3.63, 3.8) is 0 Å². The molecule has 0 radical (unpaired) electrons. The Morgan fingerprint density at radius 3 is 2.50 bits per heavy atom. The monoisotopic (exact) mass is 463 g/mol. The number of thiazole rings is 1. The van der Waals surface area contributed by atoms with E-state index in [1.165, 1.54) is 5.56 Å². The van der Waals surface area contributed by atoms with Gasteiger partial charge in [0.1, 0.15) is 21.7 Å². The number of para-hydroxylation sites is 2. The second-order valence-electron chi connectivity index (χ2n) is 7.86. The van der Waals surface area contributed by atoms with Gasteiger partial charge in [-0.15, -0.1) is 0 Å². The molecule has 0 unspecified atom stereocenters. The molecule has 34 heavy (non-hydrogen) atoms. The normalized spacial score (nSPS) is 11.2. The Balaban J connectivity index is 1.10. The molecule has 7 nitrogen and oxygen atoms in total. The maximum absolute atomic E-state index is 4.79. The van der Waals surface area contributed by atoms with Crippen molar-refractivity contribution in [3.05, 3.63) is 90.8 Å². The van der Waals surface area contributed by atoms with E-state index in [9.17, 15) is 0 Å². The smallest absolute Gasteiger partial charge is 0.205 e. The Labute approximate surface area is 200 Å². The minimum absolute atomic E-state index is 0.738. The van der Waals surface area contributed by atoms with Crippen LogP contribution < -0.4 is 10.6 Å². The molecule has 0 atom stereocenters. The van der Waals surface area contributed by atoms with Gasteiger partial charge in [0.2, 0.25) is 5.95 Å². The lowest BCUT2D eigenvalue weighted by Gasteiger charge is -2.07.